The molecule has 5 nitrogen and oxygen atoms in total. The molecule has 0 aliphatic carbocycles. The van der Waals surface area contributed by atoms with E-state index in [1.165, 1.54) is 6.42 Å². The van der Waals surface area contributed by atoms with Gasteiger partial charge in [-0.15, -0.1) is 0 Å². The van der Waals surface area contributed by atoms with Crippen LogP contribution in [0.4, 0.5) is 0 Å². The van der Waals surface area contributed by atoms with E-state index in [9.17, 15) is 14.7 Å². The van der Waals surface area contributed by atoms with E-state index in [0.717, 1.165) is 32.3 Å². The number of carboxylic acid groups (broad SMARTS) is 1. The topological polar surface area (TPSA) is 75.6 Å². The summed E-state index contributed by atoms with van der Waals surface area (Å²) in [5.74, 6) is -1.19. The Balaban J connectivity index is 1.67. The second kappa shape index (κ2) is 9.33. The predicted molar refractivity (Wildman–Crippen MR) is 104 cm³/mol. The van der Waals surface area contributed by atoms with Crippen molar-refractivity contribution in [3.63, 3.8) is 0 Å². The second-order valence-corrected chi connectivity index (χ2v) is 6.78. The molecule has 3 rings (SSSR count). The Bertz CT molecular complexity index is 796. The maximum absolute atomic E-state index is 12.7. The van der Waals surface area contributed by atoms with Crippen LogP contribution in [-0.4, -0.2) is 36.2 Å². The summed E-state index contributed by atoms with van der Waals surface area (Å²) in [4.78, 5) is 24.2. The molecule has 1 aliphatic heterocycles. The first kappa shape index (κ1) is 19.1. The summed E-state index contributed by atoms with van der Waals surface area (Å²) in [6.45, 7) is 1.42. The van der Waals surface area contributed by atoms with Gasteiger partial charge in [-0.25, -0.2) is 4.79 Å². The van der Waals surface area contributed by atoms with Crippen LogP contribution in [0.25, 0.3) is 11.1 Å². The number of ether oxygens (including phenoxy) is 1. The van der Waals surface area contributed by atoms with Crippen molar-refractivity contribution in [2.45, 2.75) is 38.2 Å². The Morgan fingerprint density at radius 2 is 1.67 bits per heavy atom. The van der Waals surface area contributed by atoms with Crippen LogP contribution in [0.3, 0.4) is 0 Å². The summed E-state index contributed by atoms with van der Waals surface area (Å²) >= 11 is 0. The molecule has 1 aliphatic rings. The van der Waals surface area contributed by atoms with Crippen molar-refractivity contribution in [1.29, 1.82) is 0 Å². The third-order valence-electron chi connectivity index (χ3n) is 4.88. The smallest absolute Gasteiger partial charge is 0.336 e. The van der Waals surface area contributed by atoms with Crippen LogP contribution in [0.1, 0.15) is 52.8 Å². The molecule has 0 radical (unpaired) electrons. The van der Waals surface area contributed by atoms with Gasteiger partial charge in [0.1, 0.15) is 0 Å². The summed E-state index contributed by atoms with van der Waals surface area (Å²) in [6.07, 6.45) is 5.58. The molecule has 5 heteroatoms. The van der Waals surface area contributed by atoms with Crippen molar-refractivity contribution in [3.8, 4) is 11.1 Å². The number of carbonyl (C=O) groups is 2. The molecule has 0 bridgehead atoms. The van der Waals surface area contributed by atoms with Crippen LogP contribution in [0.2, 0.25) is 0 Å². The van der Waals surface area contributed by atoms with Crippen molar-refractivity contribution in [2.24, 2.45) is 0 Å². The Hall–Kier alpha value is -2.66. The number of nitrogens with one attached hydrogen (secondary N) is 1. The van der Waals surface area contributed by atoms with Crippen molar-refractivity contribution in [1.82, 2.24) is 5.32 Å². The van der Waals surface area contributed by atoms with Crippen LogP contribution in [-0.2, 0) is 4.74 Å². The molecule has 1 unspecified atom stereocenters. The molecule has 27 heavy (non-hydrogen) atoms. The minimum absolute atomic E-state index is 0.185. The average molecular weight is 367 g/mol. The molecule has 1 heterocycles. The van der Waals surface area contributed by atoms with Gasteiger partial charge in [-0.2, -0.15) is 0 Å². The van der Waals surface area contributed by atoms with Gasteiger partial charge in [0, 0.05) is 18.7 Å². The van der Waals surface area contributed by atoms with Crippen molar-refractivity contribution >= 4 is 11.9 Å². The van der Waals surface area contributed by atoms with Gasteiger partial charge in [-0.05, 0) is 55.4 Å². The first-order valence-electron chi connectivity index (χ1n) is 9.48. The van der Waals surface area contributed by atoms with Gasteiger partial charge in [0.15, 0.2) is 0 Å². The fraction of sp³-hybridized carbons (Fsp3) is 0.364. The summed E-state index contributed by atoms with van der Waals surface area (Å²) in [6, 6.07) is 13.9. The number of carboxylic acids is 1. The third kappa shape index (κ3) is 4.95. The van der Waals surface area contributed by atoms with Crippen LogP contribution >= 0.6 is 0 Å². The van der Waals surface area contributed by atoms with E-state index in [2.05, 4.69) is 5.32 Å². The fourth-order valence-electron chi connectivity index (χ4n) is 3.48. The zero-order chi connectivity index (χ0) is 19.1. The maximum atomic E-state index is 12.7. The summed E-state index contributed by atoms with van der Waals surface area (Å²) in [7, 11) is 0. The van der Waals surface area contributed by atoms with Gasteiger partial charge in [0.2, 0.25) is 0 Å². The third-order valence-corrected chi connectivity index (χ3v) is 4.88. The van der Waals surface area contributed by atoms with Crippen LogP contribution < -0.4 is 5.32 Å². The first-order chi connectivity index (χ1) is 13.2. The Morgan fingerprint density at radius 1 is 1.00 bits per heavy atom. The minimum atomic E-state index is -1.01. The van der Waals surface area contributed by atoms with E-state index in [4.69, 9.17) is 4.74 Å². The normalized spacial score (nSPS) is 16.7. The standard InChI is InChI=1S/C22H25NO4/c24-21(23-14-7-9-16-8-5-6-15-27-16)19-12-3-1-10-17(19)18-11-2-4-13-20(18)22(25)26/h1-4,10-13,16H,5-9,14-15H2,(H,23,24)(H,25,26). The molecule has 1 fully saturated rings. The number of carbonyl (C=O) groups excluding carboxylic acids is 1. The predicted octanol–water partition coefficient (Wildman–Crippen LogP) is 4.13. The molecule has 0 saturated carbocycles. The summed E-state index contributed by atoms with van der Waals surface area (Å²) < 4.78 is 5.71. The highest BCUT2D eigenvalue weighted by atomic mass is 16.5. The first-order valence-corrected chi connectivity index (χ1v) is 9.48. The fourth-order valence-corrected chi connectivity index (χ4v) is 3.48. The highest BCUT2D eigenvalue weighted by molar-refractivity contribution is 6.04. The molecule has 2 aromatic carbocycles. The molecule has 1 saturated heterocycles. The van der Waals surface area contributed by atoms with Gasteiger partial charge in [0.25, 0.3) is 5.91 Å². The van der Waals surface area contributed by atoms with Gasteiger partial charge in [-0.3, -0.25) is 4.79 Å². The number of benzene rings is 2. The van der Waals surface area contributed by atoms with E-state index < -0.39 is 5.97 Å². The van der Waals surface area contributed by atoms with E-state index in [1.807, 2.05) is 6.07 Å². The maximum Gasteiger partial charge on any atom is 0.336 e. The molecule has 2 N–H and O–H groups in total. The van der Waals surface area contributed by atoms with Crippen molar-refractivity contribution in [2.75, 3.05) is 13.2 Å². The average Bonchev–Trinajstić information content (AvgIpc) is 2.72. The van der Waals surface area contributed by atoms with Crippen LogP contribution in [0.15, 0.2) is 48.5 Å². The number of rotatable bonds is 7. The highest BCUT2D eigenvalue weighted by Crippen LogP contribution is 2.27. The Labute approximate surface area is 159 Å². The molecule has 0 spiro atoms. The van der Waals surface area contributed by atoms with Gasteiger partial charge < -0.3 is 15.2 Å². The molecule has 1 amide bonds. The van der Waals surface area contributed by atoms with E-state index in [0.29, 0.717) is 29.3 Å². The lowest BCUT2D eigenvalue weighted by Gasteiger charge is -2.22. The summed E-state index contributed by atoms with van der Waals surface area (Å²) in [5, 5.41) is 12.4. The lowest BCUT2D eigenvalue weighted by Crippen LogP contribution is -2.27. The van der Waals surface area contributed by atoms with E-state index in [-0.39, 0.29) is 11.5 Å². The lowest BCUT2D eigenvalue weighted by molar-refractivity contribution is 0.0102. The van der Waals surface area contributed by atoms with Gasteiger partial charge >= 0.3 is 5.97 Å². The number of aromatic carboxylic acids is 1. The Kier molecular flexibility index (Phi) is 6.60. The van der Waals surface area contributed by atoms with Crippen molar-refractivity contribution in [3.05, 3.63) is 59.7 Å². The zero-order valence-electron chi connectivity index (χ0n) is 15.3. The molecule has 0 aromatic heterocycles. The molecular formula is C22H25NO4. The largest absolute Gasteiger partial charge is 0.478 e. The minimum Gasteiger partial charge on any atom is -0.478 e. The van der Waals surface area contributed by atoms with Crippen LogP contribution in [0.5, 0.6) is 0 Å². The molecule has 1 atom stereocenters. The molecule has 2 aromatic rings. The number of hydrogen-bond acceptors (Lipinski definition) is 3. The number of hydrogen-bond donors (Lipinski definition) is 2. The molecule has 142 valence electrons. The van der Waals surface area contributed by atoms with Gasteiger partial charge in [-0.1, -0.05) is 36.4 Å². The monoisotopic (exact) mass is 367 g/mol. The zero-order valence-corrected chi connectivity index (χ0v) is 15.3. The molecular weight excluding hydrogens is 342 g/mol. The van der Waals surface area contributed by atoms with E-state index >= 15 is 0 Å². The van der Waals surface area contributed by atoms with Crippen molar-refractivity contribution < 1.29 is 19.4 Å². The lowest BCUT2D eigenvalue weighted by atomic mass is 9.95. The van der Waals surface area contributed by atoms with Crippen LogP contribution in [0, 0.1) is 0 Å². The highest BCUT2D eigenvalue weighted by Gasteiger charge is 2.18. The second-order valence-electron chi connectivity index (χ2n) is 6.78. The van der Waals surface area contributed by atoms with Gasteiger partial charge in [0.05, 0.1) is 11.7 Å². The Morgan fingerprint density at radius 3 is 2.33 bits per heavy atom. The quantitative estimate of drug-likeness (QED) is 0.722. The van der Waals surface area contributed by atoms with E-state index in [1.54, 1.807) is 42.5 Å². The number of amides is 1. The summed E-state index contributed by atoms with van der Waals surface area (Å²) in [5.41, 5.74) is 1.85. The SMILES string of the molecule is O=C(O)c1ccccc1-c1ccccc1C(=O)NCCCC1CCCCO1.